The first-order valence-electron chi connectivity index (χ1n) is 9.25. The van der Waals surface area contributed by atoms with E-state index in [2.05, 4.69) is 0 Å². The van der Waals surface area contributed by atoms with Crippen LogP contribution in [0.15, 0.2) is 36.4 Å². The normalized spacial score (nSPS) is 18.6. The Labute approximate surface area is 190 Å². The van der Waals surface area contributed by atoms with E-state index >= 15 is 0 Å². The molecular weight excluding hydrogens is 464 g/mol. The summed E-state index contributed by atoms with van der Waals surface area (Å²) < 4.78 is 60.0. The third-order valence-electron chi connectivity index (χ3n) is 5.13. The first kappa shape index (κ1) is 24.1. The van der Waals surface area contributed by atoms with Crippen molar-refractivity contribution in [3.63, 3.8) is 0 Å². The quantitative estimate of drug-likeness (QED) is 0.521. The number of hydrogen-bond donors (Lipinski definition) is 1. The summed E-state index contributed by atoms with van der Waals surface area (Å²) in [6.07, 6.45) is -4.85. The van der Waals surface area contributed by atoms with Crippen molar-refractivity contribution in [3.05, 3.63) is 58.9 Å². The average molecular weight is 480 g/mol. The second kappa shape index (κ2) is 8.42. The van der Waals surface area contributed by atoms with Crippen LogP contribution in [0.4, 0.5) is 28.9 Å². The summed E-state index contributed by atoms with van der Waals surface area (Å²) in [6, 6.07) is 7.57. The number of alkyl halides is 3. The number of nitrogens with two attached hydrogens (primary N) is 1. The highest BCUT2D eigenvalue weighted by Gasteiger charge is 2.54. The number of ether oxygens (including phenoxy) is 1. The highest BCUT2D eigenvalue weighted by atomic mass is 32.1. The lowest BCUT2D eigenvalue weighted by Gasteiger charge is -2.32. The van der Waals surface area contributed by atoms with Gasteiger partial charge in [0.15, 0.2) is 5.11 Å². The minimum atomic E-state index is -4.85. The number of methoxy groups -OCH3 is 1. The Morgan fingerprint density at radius 1 is 1.24 bits per heavy atom. The van der Waals surface area contributed by atoms with Gasteiger partial charge in [-0.2, -0.15) is 18.4 Å². The lowest BCUT2D eigenvalue weighted by atomic mass is 10.00. The number of anilines is 2. The van der Waals surface area contributed by atoms with E-state index < -0.39 is 40.5 Å². The maximum absolute atomic E-state index is 14.4. The molecule has 2 N–H and O–H groups in total. The third kappa shape index (κ3) is 4.01. The van der Waals surface area contributed by atoms with Crippen LogP contribution < -0.4 is 15.5 Å². The predicted octanol–water partition coefficient (Wildman–Crippen LogP) is 3.36. The predicted molar refractivity (Wildman–Crippen MR) is 114 cm³/mol. The van der Waals surface area contributed by atoms with E-state index in [4.69, 9.17) is 28.0 Å². The van der Waals surface area contributed by atoms with Gasteiger partial charge in [-0.05, 0) is 55.5 Å². The number of rotatable bonds is 5. The maximum atomic E-state index is 14.4. The first-order chi connectivity index (χ1) is 15.4. The standard InChI is InChI=1S/C21H16F4N4O3S/c1-20(10-32-2)18(31)28(12-4-3-11(9-26)15(7-12)21(23,24)25)19(33)29(20)13-5-6-14(17(27)30)16(22)8-13/h3-8H,10H2,1-2H3,(H2,27,30)/t20-/m1/s1. The van der Waals surface area contributed by atoms with Gasteiger partial charge in [-0.1, -0.05) is 0 Å². The Balaban J connectivity index is 2.17. The zero-order valence-corrected chi connectivity index (χ0v) is 18.1. The molecule has 0 spiro atoms. The fourth-order valence-corrected chi connectivity index (χ4v) is 4.11. The summed E-state index contributed by atoms with van der Waals surface area (Å²) in [5.41, 5.74) is 1.16. The molecule has 0 aromatic heterocycles. The van der Waals surface area contributed by atoms with Gasteiger partial charge in [0, 0.05) is 12.8 Å². The molecule has 3 rings (SSSR count). The lowest BCUT2D eigenvalue weighted by molar-refractivity contribution is -0.137. The first-order valence-corrected chi connectivity index (χ1v) is 9.66. The maximum Gasteiger partial charge on any atom is 0.417 e. The van der Waals surface area contributed by atoms with Crippen molar-refractivity contribution in [2.45, 2.75) is 18.6 Å². The van der Waals surface area contributed by atoms with Crippen molar-refractivity contribution in [3.8, 4) is 6.07 Å². The average Bonchev–Trinajstić information content (AvgIpc) is 2.92. The van der Waals surface area contributed by atoms with Crippen LogP contribution in [-0.4, -0.2) is 36.2 Å². The zero-order chi connectivity index (χ0) is 24.7. The topological polar surface area (TPSA) is 99.7 Å². The number of carbonyl (C=O) groups is 2. The summed E-state index contributed by atoms with van der Waals surface area (Å²) in [5.74, 6) is -2.70. The molecule has 1 aliphatic heterocycles. The summed E-state index contributed by atoms with van der Waals surface area (Å²) >= 11 is 5.41. The van der Waals surface area contributed by atoms with Gasteiger partial charge < -0.3 is 15.4 Å². The molecule has 0 aliphatic carbocycles. The molecule has 0 bridgehead atoms. The van der Waals surface area contributed by atoms with E-state index in [1.54, 1.807) is 0 Å². The van der Waals surface area contributed by atoms with E-state index in [1.165, 1.54) is 31.1 Å². The Hall–Kier alpha value is -3.56. The van der Waals surface area contributed by atoms with Gasteiger partial charge >= 0.3 is 6.18 Å². The van der Waals surface area contributed by atoms with E-state index in [0.29, 0.717) is 6.07 Å². The van der Waals surface area contributed by atoms with E-state index in [9.17, 15) is 27.2 Å². The Bertz CT molecular complexity index is 1210. The summed E-state index contributed by atoms with van der Waals surface area (Å²) in [7, 11) is 1.31. The summed E-state index contributed by atoms with van der Waals surface area (Å²) in [6.45, 7) is 1.18. The molecule has 2 aromatic rings. The molecule has 1 heterocycles. The molecular formula is C21H16F4N4O3S. The van der Waals surface area contributed by atoms with Crippen molar-refractivity contribution in [2.24, 2.45) is 5.73 Å². The van der Waals surface area contributed by atoms with Gasteiger partial charge in [-0.25, -0.2) is 4.39 Å². The molecule has 172 valence electrons. The molecule has 12 heteroatoms. The molecule has 1 fully saturated rings. The number of primary amides is 1. The molecule has 33 heavy (non-hydrogen) atoms. The molecule has 2 amide bonds. The third-order valence-corrected chi connectivity index (χ3v) is 5.49. The Morgan fingerprint density at radius 2 is 1.88 bits per heavy atom. The number of thiocarbonyl (C=S) groups is 1. The molecule has 0 unspecified atom stereocenters. The Morgan fingerprint density at radius 3 is 2.39 bits per heavy atom. The molecule has 1 atom stereocenters. The van der Waals surface area contributed by atoms with Crippen molar-refractivity contribution in [1.29, 1.82) is 5.26 Å². The van der Waals surface area contributed by atoms with Crippen LogP contribution in [0, 0.1) is 17.1 Å². The van der Waals surface area contributed by atoms with Gasteiger partial charge in [-0.3, -0.25) is 14.5 Å². The number of nitriles is 1. The Kier molecular flexibility index (Phi) is 6.14. The number of halogens is 4. The number of amides is 2. The highest BCUT2D eigenvalue weighted by Crippen LogP contribution is 2.40. The van der Waals surface area contributed by atoms with Crippen LogP contribution in [0.2, 0.25) is 0 Å². The fourth-order valence-electron chi connectivity index (χ4n) is 3.61. The number of carbonyl (C=O) groups excluding carboxylic acids is 2. The number of nitrogens with zero attached hydrogens (tertiary/aromatic N) is 3. The lowest BCUT2D eigenvalue weighted by Crippen LogP contribution is -2.51. The van der Waals surface area contributed by atoms with Crippen LogP contribution in [-0.2, 0) is 15.7 Å². The van der Waals surface area contributed by atoms with Crippen molar-refractivity contribution in [2.75, 3.05) is 23.5 Å². The van der Waals surface area contributed by atoms with Crippen molar-refractivity contribution >= 4 is 40.5 Å². The number of benzene rings is 2. The van der Waals surface area contributed by atoms with Crippen LogP contribution in [0.5, 0.6) is 0 Å². The monoisotopic (exact) mass is 480 g/mol. The van der Waals surface area contributed by atoms with Crippen LogP contribution in [0.3, 0.4) is 0 Å². The highest BCUT2D eigenvalue weighted by molar-refractivity contribution is 7.81. The van der Waals surface area contributed by atoms with Crippen molar-refractivity contribution < 1.29 is 31.9 Å². The van der Waals surface area contributed by atoms with E-state index in [0.717, 1.165) is 29.2 Å². The molecule has 7 nitrogen and oxygen atoms in total. The van der Waals surface area contributed by atoms with E-state index in [-0.39, 0.29) is 28.7 Å². The molecule has 1 saturated heterocycles. The zero-order valence-electron chi connectivity index (χ0n) is 17.2. The summed E-state index contributed by atoms with van der Waals surface area (Å²) in [5, 5.41) is 8.78. The van der Waals surface area contributed by atoms with Crippen LogP contribution >= 0.6 is 12.2 Å². The number of hydrogen-bond acceptors (Lipinski definition) is 5. The van der Waals surface area contributed by atoms with Gasteiger partial charge in [0.1, 0.15) is 11.4 Å². The molecule has 1 aliphatic rings. The van der Waals surface area contributed by atoms with Crippen molar-refractivity contribution in [1.82, 2.24) is 0 Å². The van der Waals surface area contributed by atoms with Crippen LogP contribution in [0.1, 0.15) is 28.4 Å². The largest absolute Gasteiger partial charge is 0.417 e. The summed E-state index contributed by atoms with van der Waals surface area (Å²) in [4.78, 5) is 26.8. The minimum Gasteiger partial charge on any atom is -0.382 e. The fraction of sp³-hybridized carbons (Fsp3) is 0.238. The molecule has 0 radical (unpaired) electrons. The molecule has 2 aromatic carbocycles. The van der Waals surface area contributed by atoms with Gasteiger partial charge in [-0.15, -0.1) is 0 Å². The van der Waals surface area contributed by atoms with Gasteiger partial charge in [0.2, 0.25) is 0 Å². The minimum absolute atomic E-state index is 0.0580. The molecule has 0 saturated carbocycles. The van der Waals surface area contributed by atoms with Crippen LogP contribution in [0.25, 0.3) is 0 Å². The van der Waals surface area contributed by atoms with Gasteiger partial charge in [0.25, 0.3) is 11.8 Å². The smallest absolute Gasteiger partial charge is 0.382 e. The SMILES string of the molecule is COC[C@]1(C)C(=O)N(c2ccc(C#N)c(C(F)(F)F)c2)C(=S)N1c1ccc(C(N)=O)c(F)c1. The van der Waals surface area contributed by atoms with Gasteiger partial charge in [0.05, 0.1) is 35.1 Å². The second-order valence-corrected chi connectivity index (χ2v) is 7.70. The second-order valence-electron chi connectivity index (χ2n) is 7.33. The van der Waals surface area contributed by atoms with E-state index in [1.807, 2.05) is 0 Å².